The Balaban J connectivity index is 2.48. The monoisotopic (exact) mass is 350 g/mol. The first-order chi connectivity index (χ1) is 10.7. The van der Waals surface area contributed by atoms with Crippen LogP contribution in [-0.4, -0.2) is 38.4 Å². The summed E-state index contributed by atoms with van der Waals surface area (Å²) in [6.45, 7) is 4.90. The third-order valence-corrected chi connectivity index (χ3v) is 6.08. The second-order valence-electron chi connectivity index (χ2n) is 5.74. The molecule has 0 bridgehead atoms. The van der Waals surface area contributed by atoms with Crippen molar-refractivity contribution in [1.29, 1.82) is 0 Å². The van der Waals surface area contributed by atoms with Crippen LogP contribution >= 0.6 is 0 Å². The molecule has 23 heavy (non-hydrogen) atoms. The number of alkyl halides is 3. The highest BCUT2D eigenvalue weighted by Crippen LogP contribution is 2.33. The van der Waals surface area contributed by atoms with Gasteiger partial charge in [0, 0.05) is 19.1 Å². The minimum Gasteiger partial charge on any atom is -0.315 e. The van der Waals surface area contributed by atoms with Gasteiger partial charge in [-0.3, -0.25) is 0 Å². The molecule has 1 atom stereocenters. The lowest BCUT2D eigenvalue weighted by Crippen LogP contribution is -2.42. The van der Waals surface area contributed by atoms with Crippen molar-refractivity contribution in [3.63, 3.8) is 0 Å². The van der Waals surface area contributed by atoms with Crippen molar-refractivity contribution in [1.82, 2.24) is 9.62 Å². The van der Waals surface area contributed by atoms with Crippen LogP contribution in [0.5, 0.6) is 0 Å². The highest BCUT2D eigenvalue weighted by Gasteiger charge is 2.36. The van der Waals surface area contributed by atoms with Gasteiger partial charge in [-0.1, -0.05) is 13.0 Å². The molecule has 130 valence electrons. The standard InChI is InChI=1S/C15H21F3N2O2S/c1-3-8-20(13-6-7-19-10-13)23(21,22)14-9-12(15(16,17)18)5-4-11(14)2/h4-5,9,13,19H,3,6-8,10H2,1-2H3. The summed E-state index contributed by atoms with van der Waals surface area (Å²) in [7, 11) is -3.97. The van der Waals surface area contributed by atoms with Crippen LogP contribution in [0.25, 0.3) is 0 Å². The fourth-order valence-electron chi connectivity index (χ4n) is 2.79. The molecule has 8 heteroatoms. The number of hydrogen-bond acceptors (Lipinski definition) is 3. The average Bonchev–Trinajstić information content (AvgIpc) is 2.97. The van der Waals surface area contributed by atoms with Crippen LogP contribution in [0.2, 0.25) is 0 Å². The summed E-state index contributed by atoms with van der Waals surface area (Å²) in [6.07, 6.45) is -3.30. The van der Waals surface area contributed by atoms with Gasteiger partial charge in [0.25, 0.3) is 0 Å². The molecular formula is C15H21F3N2O2S. The predicted molar refractivity (Wildman–Crippen MR) is 81.6 cm³/mol. The van der Waals surface area contributed by atoms with E-state index in [1.165, 1.54) is 17.3 Å². The molecule has 1 fully saturated rings. The highest BCUT2D eigenvalue weighted by molar-refractivity contribution is 7.89. The molecule has 1 aliphatic rings. The van der Waals surface area contributed by atoms with Gasteiger partial charge in [0.2, 0.25) is 10.0 Å². The number of nitrogens with one attached hydrogen (secondary N) is 1. The van der Waals surface area contributed by atoms with Crippen LogP contribution < -0.4 is 5.32 Å². The minimum atomic E-state index is -4.57. The summed E-state index contributed by atoms with van der Waals surface area (Å²) < 4.78 is 66.0. The molecule has 2 rings (SSSR count). The van der Waals surface area contributed by atoms with Gasteiger partial charge in [0.05, 0.1) is 10.5 Å². The van der Waals surface area contributed by atoms with E-state index < -0.39 is 21.8 Å². The van der Waals surface area contributed by atoms with E-state index in [1.807, 2.05) is 6.92 Å². The van der Waals surface area contributed by atoms with Gasteiger partial charge in [-0.25, -0.2) is 8.42 Å². The maximum Gasteiger partial charge on any atom is 0.416 e. The maximum atomic E-state index is 12.9. The normalized spacial score (nSPS) is 19.5. The molecule has 1 N–H and O–H groups in total. The first kappa shape index (κ1) is 18.2. The SMILES string of the molecule is CCCN(C1CCNC1)S(=O)(=O)c1cc(C(F)(F)F)ccc1C. The summed E-state index contributed by atoms with van der Waals surface area (Å²) >= 11 is 0. The molecular weight excluding hydrogens is 329 g/mol. The molecule has 1 aromatic rings. The molecule has 0 radical (unpaired) electrons. The van der Waals surface area contributed by atoms with Gasteiger partial charge < -0.3 is 5.32 Å². The molecule has 1 aromatic carbocycles. The van der Waals surface area contributed by atoms with Crippen LogP contribution in [0.4, 0.5) is 13.2 Å². The molecule has 0 amide bonds. The van der Waals surface area contributed by atoms with Crippen molar-refractivity contribution in [2.75, 3.05) is 19.6 Å². The largest absolute Gasteiger partial charge is 0.416 e. The van der Waals surface area contributed by atoms with E-state index in [1.54, 1.807) is 0 Å². The Hall–Kier alpha value is -1.12. The summed E-state index contributed by atoms with van der Waals surface area (Å²) in [6, 6.07) is 2.66. The number of rotatable bonds is 5. The van der Waals surface area contributed by atoms with E-state index >= 15 is 0 Å². The summed E-state index contributed by atoms with van der Waals surface area (Å²) in [4.78, 5) is -0.257. The molecule has 0 aromatic heterocycles. The first-order valence-corrected chi connectivity index (χ1v) is 9.02. The van der Waals surface area contributed by atoms with Gasteiger partial charge in [0.1, 0.15) is 0 Å². The summed E-state index contributed by atoms with van der Waals surface area (Å²) in [5.41, 5.74) is -0.618. The predicted octanol–water partition coefficient (Wildman–Crippen LogP) is 2.78. The van der Waals surface area contributed by atoms with Gasteiger partial charge in [-0.05, 0) is 44.0 Å². The second kappa shape index (κ2) is 6.78. The lowest BCUT2D eigenvalue weighted by Gasteiger charge is -2.28. The van der Waals surface area contributed by atoms with Gasteiger partial charge in [-0.15, -0.1) is 0 Å². The zero-order valence-electron chi connectivity index (χ0n) is 13.2. The van der Waals surface area contributed by atoms with E-state index in [2.05, 4.69) is 5.32 Å². The van der Waals surface area contributed by atoms with Gasteiger partial charge >= 0.3 is 6.18 Å². The van der Waals surface area contributed by atoms with Crippen molar-refractivity contribution in [3.05, 3.63) is 29.3 Å². The van der Waals surface area contributed by atoms with E-state index in [9.17, 15) is 21.6 Å². The van der Waals surface area contributed by atoms with Crippen LogP contribution in [0.15, 0.2) is 23.1 Å². The smallest absolute Gasteiger partial charge is 0.315 e. The summed E-state index contributed by atoms with van der Waals surface area (Å²) in [5.74, 6) is 0. The van der Waals surface area contributed by atoms with E-state index in [-0.39, 0.29) is 10.9 Å². The van der Waals surface area contributed by atoms with Crippen LogP contribution in [-0.2, 0) is 16.2 Å². The molecule has 0 saturated carbocycles. The molecule has 0 spiro atoms. The first-order valence-electron chi connectivity index (χ1n) is 7.58. The number of hydrogen-bond donors (Lipinski definition) is 1. The lowest BCUT2D eigenvalue weighted by molar-refractivity contribution is -0.137. The number of benzene rings is 1. The third kappa shape index (κ3) is 3.87. The van der Waals surface area contributed by atoms with Gasteiger partial charge in [-0.2, -0.15) is 17.5 Å². The van der Waals surface area contributed by atoms with Crippen LogP contribution in [0.3, 0.4) is 0 Å². The lowest BCUT2D eigenvalue weighted by atomic mass is 10.1. The summed E-state index contributed by atoms with van der Waals surface area (Å²) in [5, 5.41) is 3.10. The fourth-order valence-corrected chi connectivity index (χ4v) is 4.78. The van der Waals surface area contributed by atoms with E-state index in [0.29, 0.717) is 38.0 Å². The fraction of sp³-hybridized carbons (Fsp3) is 0.600. The molecule has 1 saturated heterocycles. The number of aryl methyl sites for hydroxylation is 1. The second-order valence-corrected chi connectivity index (χ2v) is 7.60. The minimum absolute atomic E-state index is 0.214. The topological polar surface area (TPSA) is 49.4 Å². The molecule has 1 unspecified atom stereocenters. The van der Waals surface area contributed by atoms with Crippen molar-refractivity contribution in [3.8, 4) is 0 Å². The highest BCUT2D eigenvalue weighted by atomic mass is 32.2. The zero-order valence-corrected chi connectivity index (χ0v) is 14.0. The molecule has 1 aliphatic heterocycles. The van der Waals surface area contributed by atoms with Crippen LogP contribution in [0, 0.1) is 6.92 Å². The number of halogens is 3. The molecule has 0 aliphatic carbocycles. The average molecular weight is 350 g/mol. The van der Waals surface area contributed by atoms with Crippen LogP contribution in [0.1, 0.15) is 30.9 Å². The zero-order chi connectivity index (χ0) is 17.3. The Morgan fingerprint density at radius 1 is 1.35 bits per heavy atom. The van der Waals surface area contributed by atoms with E-state index in [0.717, 1.165) is 12.1 Å². The third-order valence-electron chi connectivity index (χ3n) is 3.99. The van der Waals surface area contributed by atoms with Crippen molar-refractivity contribution < 1.29 is 21.6 Å². The maximum absolute atomic E-state index is 12.9. The van der Waals surface area contributed by atoms with Crippen molar-refractivity contribution in [2.45, 2.75) is 43.8 Å². The molecule has 4 nitrogen and oxygen atoms in total. The molecule has 1 heterocycles. The Morgan fingerprint density at radius 3 is 2.57 bits per heavy atom. The number of sulfonamides is 1. The Bertz CT molecular complexity index is 653. The number of nitrogens with zero attached hydrogens (tertiary/aromatic N) is 1. The van der Waals surface area contributed by atoms with Crippen molar-refractivity contribution in [2.24, 2.45) is 0 Å². The quantitative estimate of drug-likeness (QED) is 0.888. The van der Waals surface area contributed by atoms with E-state index in [4.69, 9.17) is 0 Å². The van der Waals surface area contributed by atoms with Crippen molar-refractivity contribution >= 4 is 10.0 Å². The Morgan fingerprint density at radius 2 is 2.04 bits per heavy atom. The Labute approximate surface area is 134 Å². The van der Waals surface area contributed by atoms with Gasteiger partial charge in [0.15, 0.2) is 0 Å². The Kier molecular flexibility index (Phi) is 5.37.